The molecule has 1 saturated carbocycles. The molecule has 2 aliphatic rings. The van der Waals surface area contributed by atoms with Gasteiger partial charge in [0, 0.05) is 24.7 Å². The van der Waals surface area contributed by atoms with E-state index in [4.69, 9.17) is 10.5 Å². The molecule has 1 heterocycles. The van der Waals surface area contributed by atoms with Crippen LogP contribution in [0.25, 0.3) is 0 Å². The first kappa shape index (κ1) is 15.3. The second-order valence-electron chi connectivity index (χ2n) is 7.62. The van der Waals surface area contributed by atoms with Crippen LogP contribution in [-0.4, -0.2) is 42.8 Å². The zero-order valence-electron chi connectivity index (χ0n) is 13.1. The van der Waals surface area contributed by atoms with E-state index in [0.717, 1.165) is 32.7 Å². The maximum Gasteiger partial charge on any atom is 0.0594 e. The van der Waals surface area contributed by atoms with E-state index in [-0.39, 0.29) is 5.54 Å². The fourth-order valence-electron chi connectivity index (χ4n) is 3.77. The van der Waals surface area contributed by atoms with Crippen LogP contribution in [0.4, 0.5) is 0 Å². The molecule has 0 bridgehead atoms. The van der Waals surface area contributed by atoms with Gasteiger partial charge < -0.3 is 10.5 Å². The first-order valence-electron chi connectivity index (χ1n) is 8.02. The predicted octanol–water partition coefficient (Wildman–Crippen LogP) is 2.79. The van der Waals surface area contributed by atoms with E-state index >= 15 is 0 Å². The Balaban J connectivity index is 2.01. The summed E-state index contributed by atoms with van der Waals surface area (Å²) in [5, 5.41) is 0. The lowest BCUT2D eigenvalue weighted by molar-refractivity contribution is -0.0326. The van der Waals surface area contributed by atoms with E-state index < -0.39 is 0 Å². The van der Waals surface area contributed by atoms with Gasteiger partial charge in [-0.25, -0.2) is 0 Å². The molecule has 2 N–H and O–H groups in total. The second-order valence-corrected chi connectivity index (χ2v) is 7.62. The molecule has 1 unspecified atom stereocenters. The third-order valence-electron chi connectivity index (χ3n) is 5.01. The molecular weight excluding hydrogens is 236 g/mol. The summed E-state index contributed by atoms with van der Waals surface area (Å²) in [5.74, 6) is 0. The Hall–Kier alpha value is -0.120. The summed E-state index contributed by atoms with van der Waals surface area (Å²) in [5.41, 5.74) is 7.33. The van der Waals surface area contributed by atoms with Crippen molar-refractivity contribution in [1.29, 1.82) is 0 Å². The molecule has 0 radical (unpaired) electrons. The fourth-order valence-corrected chi connectivity index (χ4v) is 3.77. The molecule has 3 heteroatoms. The largest absolute Gasteiger partial charge is 0.379 e. The molecule has 0 aromatic carbocycles. The van der Waals surface area contributed by atoms with Crippen LogP contribution in [0.3, 0.4) is 0 Å². The van der Waals surface area contributed by atoms with E-state index in [1.165, 1.54) is 32.1 Å². The summed E-state index contributed by atoms with van der Waals surface area (Å²) in [7, 11) is 0. The molecule has 1 aliphatic heterocycles. The van der Waals surface area contributed by atoms with E-state index in [1.807, 2.05) is 0 Å². The van der Waals surface area contributed by atoms with Gasteiger partial charge in [0.15, 0.2) is 0 Å². The van der Waals surface area contributed by atoms with E-state index in [0.29, 0.717) is 11.5 Å². The average Bonchev–Trinajstić information content (AvgIpc) is 2.87. The van der Waals surface area contributed by atoms with Crippen molar-refractivity contribution in [1.82, 2.24) is 4.90 Å². The van der Waals surface area contributed by atoms with Crippen molar-refractivity contribution in [3.63, 3.8) is 0 Å². The Morgan fingerprint density at radius 1 is 1.16 bits per heavy atom. The number of rotatable bonds is 4. The topological polar surface area (TPSA) is 38.5 Å². The van der Waals surface area contributed by atoms with Crippen molar-refractivity contribution in [3.05, 3.63) is 0 Å². The van der Waals surface area contributed by atoms with Crippen LogP contribution < -0.4 is 5.73 Å². The van der Waals surface area contributed by atoms with Gasteiger partial charge in [-0.05, 0) is 31.1 Å². The molecule has 0 spiro atoms. The minimum Gasteiger partial charge on any atom is -0.379 e. The number of hydrogen-bond donors (Lipinski definition) is 1. The van der Waals surface area contributed by atoms with Crippen molar-refractivity contribution < 1.29 is 4.74 Å². The Kier molecular flexibility index (Phi) is 4.91. The van der Waals surface area contributed by atoms with Gasteiger partial charge in [-0.15, -0.1) is 0 Å². The Labute approximate surface area is 118 Å². The van der Waals surface area contributed by atoms with Crippen molar-refractivity contribution in [3.8, 4) is 0 Å². The molecular formula is C16H32N2O. The minimum atomic E-state index is 0.273. The smallest absolute Gasteiger partial charge is 0.0594 e. The number of morpholine rings is 1. The van der Waals surface area contributed by atoms with Crippen LogP contribution in [0.5, 0.6) is 0 Å². The highest BCUT2D eigenvalue weighted by molar-refractivity contribution is 5.03. The van der Waals surface area contributed by atoms with Crippen LogP contribution in [0.2, 0.25) is 0 Å². The quantitative estimate of drug-likeness (QED) is 0.852. The number of nitrogens with zero attached hydrogens (tertiary/aromatic N) is 1. The first-order valence-corrected chi connectivity index (χ1v) is 8.02. The molecule has 2 rings (SSSR count). The minimum absolute atomic E-state index is 0.273. The highest BCUT2D eigenvalue weighted by atomic mass is 16.5. The normalized spacial score (nSPS) is 26.5. The van der Waals surface area contributed by atoms with Gasteiger partial charge in [0.2, 0.25) is 0 Å². The van der Waals surface area contributed by atoms with Crippen LogP contribution in [0.1, 0.15) is 59.3 Å². The summed E-state index contributed by atoms with van der Waals surface area (Å²) in [6, 6.07) is 0.326. The molecule has 0 aromatic heterocycles. The molecule has 3 nitrogen and oxygen atoms in total. The third-order valence-corrected chi connectivity index (χ3v) is 5.01. The summed E-state index contributed by atoms with van der Waals surface area (Å²) in [6.07, 6.45) is 7.65. The van der Waals surface area contributed by atoms with E-state index in [2.05, 4.69) is 25.7 Å². The van der Waals surface area contributed by atoms with Gasteiger partial charge in [0.25, 0.3) is 0 Å². The Morgan fingerprint density at radius 3 is 2.26 bits per heavy atom. The maximum atomic E-state index is 6.67. The van der Waals surface area contributed by atoms with Crippen molar-refractivity contribution in [2.45, 2.75) is 70.9 Å². The monoisotopic (exact) mass is 268 g/mol. The van der Waals surface area contributed by atoms with Gasteiger partial charge in [-0.1, -0.05) is 33.6 Å². The number of nitrogens with two attached hydrogens (primary N) is 1. The molecule has 0 amide bonds. The Bertz CT molecular complexity index is 273. The highest BCUT2D eigenvalue weighted by Gasteiger charge is 2.44. The van der Waals surface area contributed by atoms with Crippen molar-refractivity contribution in [2.24, 2.45) is 11.1 Å². The van der Waals surface area contributed by atoms with Gasteiger partial charge in [0.1, 0.15) is 0 Å². The van der Waals surface area contributed by atoms with Crippen LogP contribution in [0.15, 0.2) is 0 Å². The van der Waals surface area contributed by atoms with E-state index in [1.54, 1.807) is 0 Å². The highest BCUT2D eigenvalue weighted by Crippen LogP contribution is 2.40. The zero-order chi connectivity index (χ0) is 13.9. The van der Waals surface area contributed by atoms with Crippen LogP contribution >= 0.6 is 0 Å². The molecule has 1 saturated heterocycles. The average molecular weight is 268 g/mol. The fraction of sp³-hybridized carbons (Fsp3) is 1.00. The van der Waals surface area contributed by atoms with Gasteiger partial charge in [0.05, 0.1) is 13.2 Å². The summed E-state index contributed by atoms with van der Waals surface area (Å²) >= 11 is 0. The molecule has 112 valence electrons. The number of hydrogen-bond acceptors (Lipinski definition) is 3. The molecule has 1 atom stereocenters. The lowest BCUT2D eigenvalue weighted by Gasteiger charge is -2.47. The van der Waals surface area contributed by atoms with Crippen molar-refractivity contribution in [2.75, 3.05) is 26.3 Å². The SMILES string of the molecule is CC(C)(C)CCC(N)C1(N2CCOCC2)CCCC1. The zero-order valence-corrected chi connectivity index (χ0v) is 13.1. The summed E-state index contributed by atoms with van der Waals surface area (Å²) in [6.45, 7) is 10.9. The third kappa shape index (κ3) is 3.71. The van der Waals surface area contributed by atoms with Crippen LogP contribution in [-0.2, 0) is 4.74 Å². The summed E-state index contributed by atoms with van der Waals surface area (Å²) < 4.78 is 5.52. The molecule has 1 aliphatic carbocycles. The Morgan fingerprint density at radius 2 is 1.74 bits per heavy atom. The standard InChI is InChI=1S/C16H32N2O/c1-15(2,3)9-6-14(17)16(7-4-5-8-16)18-10-12-19-13-11-18/h14H,4-13,17H2,1-3H3. The van der Waals surface area contributed by atoms with Gasteiger partial charge in [-0.2, -0.15) is 0 Å². The number of ether oxygens (including phenoxy) is 1. The summed E-state index contributed by atoms with van der Waals surface area (Å²) in [4.78, 5) is 2.65. The van der Waals surface area contributed by atoms with Gasteiger partial charge in [-0.3, -0.25) is 4.90 Å². The van der Waals surface area contributed by atoms with E-state index in [9.17, 15) is 0 Å². The first-order chi connectivity index (χ1) is 8.94. The molecule has 2 fully saturated rings. The lowest BCUT2D eigenvalue weighted by Crippen LogP contribution is -2.61. The molecule has 0 aromatic rings. The van der Waals surface area contributed by atoms with Crippen molar-refractivity contribution >= 4 is 0 Å². The molecule has 19 heavy (non-hydrogen) atoms. The predicted molar refractivity (Wildman–Crippen MR) is 80.3 cm³/mol. The van der Waals surface area contributed by atoms with Gasteiger partial charge >= 0.3 is 0 Å². The van der Waals surface area contributed by atoms with Crippen LogP contribution in [0, 0.1) is 5.41 Å². The lowest BCUT2D eigenvalue weighted by atomic mass is 9.80. The maximum absolute atomic E-state index is 6.67. The second kappa shape index (κ2) is 6.11.